The summed E-state index contributed by atoms with van der Waals surface area (Å²) in [5.41, 5.74) is -5.83. The third-order valence-electron chi connectivity index (χ3n) is 12.5. The van der Waals surface area contributed by atoms with E-state index in [2.05, 4.69) is 20.8 Å². The molecule has 1 aromatic rings. The van der Waals surface area contributed by atoms with Crippen molar-refractivity contribution in [1.29, 1.82) is 0 Å². The van der Waals surface area contributed by atoms with Crippen molar-refractivity contribution in [3.05, 3.63) is 47.0 Å². The first-order valence-electron chi connectivity index (χ1n) is 17.5. The second kappa shape index (κ2) is 13.0. The van der Waals surface area contributed by atoms with E-state index in [0.29, 0.717) is 5.57 Å². The van der Waals surface area contributed by atoms with Crippen LogP contribution in [0.4, 0.5) is 0 Å². The maximum atomic E-state index is 15.6. The summed E-state index contributed by atoms with van der Waals surface area (Å²) in [6, 6.07) is 10.6. The van der Waals surface area contributed by atoms with Gasteiger partial charge in [0.05, 0.1) is 35.7 Å². The van der Waals surface area contributed by atoms with Crippen LogP contribution in [-0.2, 0) is 37.8 Å². The fraction of sp³-hybridized carbons (Fsp3) is 0.676. The molecule has 4 aliphatic rings. The number of ether oxygens (including phenoxy) is 4. The lowest BCUT2D eigenvalue weighted by molar-refractivity contribution is -0.344. The van der Waals surface area contributed by atoms with Gasteiger partial charge in [-0.05, 0) is 55.3 Å². The van der Waals surface area contributed by atoms with Crippen LogP contribution in [0.2, 0.25) is 18.1 Å². The van der Waals surface area contributed by atoms with Gasteiger partial charge in [-0.15, -0.1) is 0 Å². The molecule has 1 saturated heterocycles. The first kappa shape index (κ1) is 37.4. The normalized spacial score (nSPS) is 36.7. The number of esters is 3. The van der Waals surface area contributed by atoms with Crippen molar-refractivity contribution in [2.24, 2.45) is 16.7 Å². The average Bonchev–Trinajstić information content (AvgIpc) is 3.04. The summed E-state index contributed by atoms with van der Waals surface area (Å²) in [5.74, 6) is -3.91. The molecule has 1 aromatic carbocycles. The van der Waals surface area contributed by atoms with Crippen LogP contribution in [0, 0.1) is 16.7 Å². The largest absolute Gasteiger partial charge is 0.455 e. The van der Waals surface area contributed by atoms with Gasteiger partial charge in [0.15, 0.2) is 25.8 Å². The summed E-state index contributed by atoms with van der Waals surface area (Å²) >= 11 is 0. The number of carbonyl (C=O) groups is 4. The van der Waals surface area contributed by atoms with Crippen LogP contribution in [0.15, 0.2) is 41.5 Å². The Labute approximate surface area is 289 Å². The molecule has 270 valence electrons. The minimum atomic E-state index is -2.48. The van der Waals surface area contributed by atoms with Gasteiger partial charge in [-0.25, -0.2) is 4.79 Å². The fourth-order valence-corrected chi connectivity index (χ4v) is 12.3. The first-order chi connectivity index (χ1) is 22.9. The second-order valence-corrected chi connectivity index (χ2v) is 19.8. The zero-order valence-corrected chi connectivity index (χ0v) is 31.2. The fourth-order valence-electron chi connectivity index (χ4n) is 9.36. The molecule has 0 aromatic heterocycles. The highest BCUT2D eigenvalue weighted by Crippen LogP contribution is 2.65. The van der Waals surface area contributed by atoms with Crippen molar-refractivity contribution in [2.45, 2.75) is 135 Å². The van der Waals surface area contributed by atoms with Crippen molar-refractivity contribution < 1.29 is 52.8 Å². The molecule has 2 bridgehead atoms. The number of hydrogen-bond donors (Lipinski definition) is 2. The molecule has 12 heteroatoms. The molecule has 3 aliphatic carbocycles. The van der Waals surface area contributed by atoms with Crippen LogP contribution in [0.25, 0.3) is 0 Å². The van der Waals surface area contributed by atoms with Gasteiger partial charge in [0, 0.05) is 32.1 Å². The molecule has 1 heterocycles. The summed E-state index contributed by atoms with van der Waals surface area (Å²) in [4.78, 5) is 55.5. The highest BCUT2D eigenvalue weighted by Gasteiger charge is 2.78. The summed E-state index contributed by atoms with van der Waals surface area (Å²) in [6.45, 7) is 15.3. The maximum absolute atomic E-state index is 15.6. The zero-order valence-electron chi connectivity index (χ0n) is 30.2. The molecule has 0 amide bonds. The second-order valence-electron chi connectivity index (χ2n) is 15.1. The van der Waals surface area contributed by atoms with E-state index in [1.807, 2.05) is 0 Å². The Morgan fingerprint density at radius 2 is 1.59 bits per heavy atom. The Balaban J connectivity index is 1.88. The molecule has 5 rings (SSSR count). The van der Waals surface area contributed by atoms with E-state index in [-0.39, 0.29) is 30.6 Å². The van der Waals surface area contributed by atoms with Crippen molar-refractivity contribution in [3.63, 3.8) is 0 Å². The summed E-state index contributed by atoms with van der Waals surface area (Å²) < 4.78 is 31.9. The molecule has 2 N–H and O–H groups in total. The van der Waals surface area contributed by atoms with E-state index in [0.717, 1.165) is 18.1 Å². The number of aliphatic hydroxyl groups is 2. The van der Waals surface area contributed by atoms with Gasteiger partial charge in [-0.1, -0.05) is 52.8 Å². The summed E-state index contributed by atoms with van der Waals surface area (Å²) in [5, 5.41) is 24.8. The zero-order chi connectivity index (χ0) is 36.3. The topological polar surface area (TPSA) is 155 Å². The smallest absolute Gasteiger partial charge is 0.338 e. The van der Waals surface area contributed by atoms with E-state index in [9.17, 15) is 24.6 Å². The monoisotopic (exact) mass is 700 g/mol. The van der Waals surface area contributed by atoms with Gasteiger partial charge < -0.3 is 33.6 Å². The number of ketones is 1. The van der Waals surface area contributed by atoms with E-state index >= 15 is 4.79 Å². The van der Waals surface area contributed by atoms with Gasteiger partial charge in [-0.2, -0.15) is 0 Å². The number of fused-ring (bicyclic) bond motifs is 5. The number of carbonyl (C=O) groups excluding carboxylic acids is 4. The van der Waals surface area contributed by atoms with Crippen LogP contribution in [0.1, 0.15) is 85.5 Å². The molecule has 1 aliphatic heterocycles. The Bertz CT molecular complexity index is 1510. The molecular weight excluding hydrogens is 648 g/mol. The van der Waals surface area contributed by atoms with Gasteiger partial charge in [0.25, 0.3) is 0 Å². The lowest BCUT2D eigenvalue weighted by Crippen LogP contribution is -2.82. The molecule has 0 spiro atoms. The van der Waals surface area contributed by atoms with E-state index in [4.69, 9.17) is 23.4 Å². The molecule has 3 fully saturated rings. The number of rotatable bonds is 9. The number of benzene rings is 1. The van der Waals surface area contributed by atoms with Crippen molar-refractivity contribution >= 4 is 32.0 Å². The molecule has 1 unspecified atom stereocenters. The molecule has 49 heavy (non-hydrogen) atoms. The lowest BCUT2D eigenvalue weighted by Gasteiger charge is -2.68. The predicted molar refractivity (Wildman–Crippen MR) is 181 cm³/mol. The molecule has 0 radical (unpaired) electrons. The van der Waals surface area contributed by atoms with Crippen LogP contribution < -0.4 is 0 Å². The average molecular weight is 701 g/mol. The van der Waals surface area contributed by atoms with Crippen molar-refractivity contribution in [3.8, 4) is 0 Å². The third kappa shape index (κ3) is 5.62. The lowest BCUT2D eigenvalue weighted by atomic mass is 9.44. The first-order valence-corrected chi connectivity index (χ1v) is 20.0. The summed E-state index contributed by atoms with van der Waals surface area (Å²) in [7, 11) is -2.48. The molecule has 9 atom stereocenters. The highest BCUT2D eigenvalue weighted by atomic mass is 28.4. The summed E-state index contributed by atoms with van der Waals surface area (Å²) in [6.07, 6.45) is -6.04. The standard InChI is InChI=1S/C37H52O11Si/c1-10-49(11-2,12-3)48-26-18-27-36(20-44-27,47-23(6)39)30-32(46-33(42)24-16-14-13-15-17-24)37(43)19-25(40)21(4)28(34(37,7)8)29(45-22(5)38)31(41)35(26,30)9/h13-17,25-27,29-30,32,40,43H,10-12,18-20H2,1-9H3/t25?,26-,27+,29+,30-,32-,35+,36-,37+/m0/s1. The quantitative estimate of drug-likeness (QED) is 0.160. The minimum Gasteiger partial charge on any atom is -0.455 e. The Hall–Kier alpha value is -2.90. The van der Waals surface area contributed by atoms with Crippen molar-refractivity contribution in [2.75, 3.05) is 6.61 Å². The van der Waals surface area contributed by atoms with E-state index in [1.54, 1.807) is 58.0 Å². The van der Waals surface area contributed by atoms with Crippen LogP contribution in [0.5, 0.6) is 0 Å². The van der Waals surface area contributed by atoms with Crippen LogP contribution >= 0.6 is 0 Å². The number of aliphatic hydroxyl groups excluding tert-OH is 1. The number of Topliss-reactive ketones (excluding diaryl/α,β-unsaturated/α-hetero) is 1. The molecular formula is C37H52O11Si. The Morgan fingerprint density at radius 1 is 0.980 bits per heavy atom. The van der Waals surface area contributed by atoms with Gasteiger partial charge in [0.2, 0.25) is 0 Å². The Morgan fingerprint density at radius 3 is 2.10 bits per heavy atom. The predicted octanol–water partition coefficient (Wildman–Crippen LogP) is 4.68. The van der Waals surface area contributed by atoms with Gasteiger partial charge >= 0.3 is 17.9 Å². The maximum Gasteiger partial charge on any atom is 0.338 e. The third-order valence-corrected chi connectivity index (χ3v) is 17.2. The van der Waals surface area contributed by atoms with E-state index < -0.39 is 90.5 Å². The Kier molecular flexibility index (Phi) is 9.92. The number of hydrogen-bond acceptors (Lipinski definition) is 11. The van der Waals surface area contributed by atoms with Gasteiger partial charge in [-0.3, -0.25) is 14.4 Å². The van der Waals surface area contributed by atoms with E-state index in [1.165, 1.54) is 13.8 Å². The van der Waals surface area contributed by atoms with Crippen LogP contribution in [0.3, 0.4) is 0 Å². The molecule has 11 nitrogen and oxygen atoms in total. The van der Waals surface area contributed by atoms with Gasteiger partial charge in [0.1, 0.15) is 17.8 Å². The molecule has 2 saturated carbocycles. The van der Waals surface area contributed by atoms with Crippen LogP contribution in [-0.4, -0.2) is 90.6 Å². The minimum absolute atomic E-state index is 0.131. The SMILES string of the molecule is CC[Si](CC)(CC)O[C@H]1C[C@H]2OC[C@@]2(OC(C)=O)[C@H]2[C@H](OC(=O)c3ccccc3)[C@]3(O)CC(O)C(C)=C([C@@H](OC(C)=O)C(=O)[C@]12C)C3(C)C. The highest BCUT2D eigenvalue weighted by molar-refractivity contribution is 6.73. The van der Waals surface area contributed by atoms with Crippen molar-refractivity contribution in [1.82, 2.24) is 0 Å².